The molecule has 0 aliphatic heterocycles. The number of nitrogens with zero attached hydrogens (tertiary/aromatic N) is 3. The number of anilines is 2. The third-order valence-corrected chi connectivity index (χ3v) is 2.67. The summed E-state index contributed by atoms with van der Waals surface area (Å²) in [5.74, 6) is 5.28. The van der Waals surface area contributed by atoms with E-state index in [4.69, 9.17) is 5.84 Å². The number of para-hydroxylation sites is 1. The Kier molecular flexibility index (Phi) is 4.06. The maximum atomic E-state index is 11.1. The highest BCUT2D eigenvalue weighted by Gasteiger charge is 2.18. The van der Waals surface area contributed by atoms with Crippen LogP contribution in [0.15, 0.2) is 30.6 Å². The maximum Gasteiger partial charge on any atom is 0.316 e. The van der Waals surface area contributed by atoms with Crippen molar-refractivity contribution in [1.29, 1.82) is 0 Å². The van der Waals surface area contributed by atoms with Gasteiger partial charge in [0, 0.05) is 6.20 Å². The van der Waals surface area contributed by atoms with E-state index < -0.39 is 4.92 Å². The summed E-state index contributed by atoms with van der Waals surface area (Å²) < 4.78 is 0. The number of hydrogen-bond acceptors (Lipinski definition) is 7. The van der Waals surface area contributed by atoms with Crippen LogP contribution in [0.2, 0.25) is 0 Å². The molecule has 0 saturated carbocycles. The number of rotatable bonds is 5. The van der Waals surface area contributed by atoms with Crippen molar-refractivity contribution in [3.05, 3.63) is 52.1 Å². The number of nitrogens with one attached hydrogen (secondary N) is 2. The lowest BCUT2D eigenvalue weighted by molar-refractivity contribution is -0.383. The average Bonchev–Trinajstić information content (AvgIpc) is 2.46. The molecule has 0 bridgehead atoms. The highest BCUT2D eigenvalue weighted by molar-refractivity contribution is 5.75. The van der Waals surface area contributed by atoms with Crippen LogP contribution in [0.3, 0.4) is 0 Å². The number of nitrogens with two attached hydrogens (primary N) is 1. The van der Waals surface area contributed by atoms with Crippen LogP contribution < -0.4 is 16.6 Å². The molecule has 1 aromatic heterocycles. The molecule has 0 fully saturated rings. The highest BCUT2D eigenvalue weighted by atomic mass is 16.6. The Balaban J connectivity index is 2.21. The second kappa shape index (κ2) is 5.93. The Morgan fingerprint density at radius 3 is 2.65 bits per heavy atom. The molecule has 8 nitrogen and oxygen atoms in total. The Hall–Kier alpha value is -2.74. The normalized spacial score (nSPS) is 10.1. The van der Waals surface area contributed by atoms with Gasteiger partial charge in [-0.2, -0.15) is 0 Å². The standard InChI is InChI=1S/C12H14N6O2/c1-8-5-15-9(6-14-8)7-16-10-3-2-4-11(17-13)12(10)18(19)20/h2-6,16-17H,7,13H2,1H3. The zero-order valence-corrected chi connectivity index (χ0v) is 10.8. The molecule has 1 aromatic carbocycles. The quantitative estimate of drug-likeness (QED) is 0.430. The number of hydrogen-bond donors (Lipinski definition) is 3. The van der Waals surface area contributed by atoms with Crippen LogP contribution in [0.5, 0.6) is 0 Å². The van der Waals surface area contributed by atoms with Gasteiger partial charge in [-0.25, -0.2) is 0 Å². The minimum Gasteiger partial charge on any atom is -0.374 e. The van der Waals surface area contributed by atoms with Gasteiger partial charge in [-0.05, 0) is 19.1 Å². The fourth-order valence-electron chi connectivity index (χ4n) is 1.70. The first-order valence-corrected chi connectivity index (χ1v) is 5.87. The molecular weight excluding hydrogens is 260 g/mol. The van der Waals surface area contributed by atoms with Gasteiger partial charge in [0.05, 0.1) is 29.1 Å². The average molecular weight is 274 g/mol. The van der Waals surface area contributed by atoms with Gasteiger partial charge >= 0.3 is 5.69 Å². The molecule has 0 aliphatic carbocycles. The van der Waals surface area contributed by atoms with E-state index in [0.29, 0.717) is 17.9 Å². The van der Waals surface area contributed by atoms with Crippen LogP contribution in [-0.4, -0.2) is 14.9 Å². The van der Waals surface area contributed by atoms with Gasteiger partial charge in [0.15, 0.2) is 0 Å². The molecule has 0 atom stereocenters. The number of nitro benzene ring substituents is 1. The van der Waals surface area contributed by atoms with Crippen LogP contribution in [0.25, 0.3) is 0 Å². The monoisotopic (exact) mass is 274 g/mol. The van der Waals surface area contributed by atoms with E-state index >= 15 is 0 Å². The Labute approximate surface area is 115 Å². The molecule has 2 rings (SSSR count). The number of nitro groups is 1. The van der Waals surface area contributed by atoms with E-state index in [2.05, 4.69) is 20.7 Å². The summed E-state index contributed by atoms with van der Waals surface area (Å²) in [5, 5.41) is 14.1. The first-order chi connectivity index (χ1) is 9.61. The van der Waals surface area contributed by atoms with E-state index in [0.717, 1.165) is 5.69 Å². The van der Waals surface area contributed by atoms with E-state index in [9.17, 15) is 10.1 Å². The number of hydrazine groups is 1. The van der Waals surface area contributed by atoms with Crippen molar-refractivity contribution in [1.82, 2.24) is 9.97 Å². The summed E-state index contributed by atoms with van der Waals surface area (Å²) in [6.45, 7) is 2.17. The predicted octanol–water partition coefficient (Wildman–Crippen LogP) is 1.59. The summed E-state index contributed by atoms with van der Waals surface area (Å²) in [4.78, 5) is 18.9. The van der Waals surface area contributed by atoms with Crippen LogP contribution in [0.4, 0.5) is 17.1 Å². The zero-order valence-electron chi connectivity index (χ0n) is 10.8. The van der Waals surface area contributed by atoms with Crippen molar-refractivity contribution in [3.63, 3.8) is 0 Å². The topological polar surface area (TPSA) is 119 Å². The second-order valence-electron chi connectivity index (χ2n) is 4.11. The lowest BCUT2D eigenvalue weighted by Crippen LogP contribution is -2.11. The summed E-state index contributed by atoms with van der Waals surface area (Å²) in [6.07, 6.45) is 3.27. The van der Waals surface area contributed by atoms with Gasteiger partial charge in [0.25, 0.3) is 0 Å². The fourth-order valence-corrected chi connectivity index (χ4v) is 1.70. The molecule has 0 unspecified atom stereocenters. The van der Waals surface area contributed by atoms with Crippen molar-refractivity contribution in [3.8, 4) is 0 Å². The van der Waals surface area contributed by atoms with Crippen LogP contribution >= 0.6 is 0 Å². The Bertz CT molecular complexity index is 614. The minimum atomic E-state index is -0.488. The number of aromatic nitrogens is 2. The fraction of sp³-hybridized carbons (Fsp3) is 0.167. The number of nitrogen functional groups attached to an aromatic ring is 1. The number of benzene rings is 1. The predicted molar refractivity (Wildman–Crippen MR) is 75.0 cm³/mol. The van der Waals surface area contributed by atoms with Gasteiger partial charge < -0.3 is 10.7 Å². The first kappa shape index (κ1) is 13.7. The lowest BCUT2D eigenvalue weighted by Gasteiger charge is -2.09. The number of aryl methyl sites for hydroxylation is 1. The van der Waals surface area contributed by atoms with Crippen molar-refractivity contribution >= 4 is 17.1 Å². The zero-order chi connectivity index (χ0) is 14.5. The van der Waals surface area contributed by atoms with E-state index in [1.807, 2.05) is 6.92 Å². The van der Waals surface area contributed by atoms with Crippen LogP contribution in [0, 0.1) is 17.0 Å². The highest BCUT2D eigenvalue weighted by Crippen LogP contribution is 2.32. The Morgan fingerprint density at radius 1 is 1.30 bits per heavy atom. The molecule has 104 valence electrons. The molecule has 0 amide bonds. The molecule has 0 spiro atoms. The smallest absolute Gasteiger partial charge is 0.316 e. The summed E-state index contributed by atoms with van der Waals surface area (Å²) in [6, 6.07) is 4.82. The third-order valence-electron chi connectivity index (χ3n) is 2.67. The first-order valence-electron chi connectivity index (χ1n) is 5.87. The lowest BCUT2D eigenvalue weighted by atomic mass is 10.2. The molecule has 2 aromatic rings. The SMILES string of the molecule is Cc1cnc(CNc2cccc(NN)c2[N+](=O)[O-])cn1. The molecule has 20 heavy (non-hydrogen) atoms. The van der Waals surface area contributed by atoms with Gasteiger partial charge in [0.1, 0.15) is 11.4 Å². The Morgan fingerprint density at radius 2 is 2.05 bits per heavy atom. The third kappa shape index (κ3) is 2.98. The van der Waals surface area contributed by atoms with Crippen molar-refractivity contribution in [2.75, 3.05) is 10.7 Å². The molecule has 1 heterocycles. The van der Waals surface area contributed by atoms with E-state index in [1.165, 1.54) is 6.07 Å². The molecule has 4 N–H and O–H groups in total. The van der Waals surface area contributed by atoms with E-state index in [1.54, 1.807) is 24.5 Å². The van der Waals surface area contributed by atoms with Crippen molar-refractivity contribution in [2.45, 2.75) is 13.5 Å². The van der Waals surface area contributed by atoms with E-state index in [-0.39, 0.29) is 11.4 Å². The van der Waals surface area contributed by atoms with Crippen molar-refractivity contribution < 1.29 is 4.92 Å². The van der Waals surface area contributed by atoms with Crippen LogP contribution in [-0.2, 0) is 6.54 Å². The van der Waals surface area contributed by atoms with Crippen molar-refractivity contribution in [2.24, 2.45) is 5.84 Å². The molecular formula is C12H14N6O2. The molecule has 0 radical (unpaired) electrons. The summed E-state index contributed by atoms with van der Waals surface area (Å²) in [5.41, 5.74) is 4.33. The van der Waals surface area contributed by atoms with Crippen LogP contribution in [0.1, 0.15) is 11.4 Å². The summed E-state index contributed by atoms with van der Waals surface area (Å²) in [7, 11) is 0. The van der Waals surface area contributed by atoms with Gasteiger partial charge in [-0.3, -0.25) is 25.9 Å². The van der Waals surface area contributed by atoms with Gasteiger partial charge in [0.2, 0.25) is 0 Å². The minimum absolute atomic E-state index is 0.102. The van der Waals surface area contributed by atoms with Gasteiger partial charge in [-0.15, -0.1) is 0 Å². The summed E-state index contributed by atoms with van der Waals surface area (Å²) >= 11 is 0. The van der Waals surface area contributed by atoms with Gasteiger partial charge in [-0.1, -0.05) is 6.07 Å². The molecule has 0 aliphatic rings. The molecule has 8 heteroatoms. The second-order valence-corrected chi connectivity index (χ2v) is 4.11. The maximum absolute atomic E-state index is 11.1. The largest absolute Gasteiger partial charge is 0.374 e. The molecule has 0 saturated heterocycles.